The van der Waals surface area contributed by atoms with Gasteiger partial charge in [0.15, 0.2) is 0 Å². The molecule has 2 rings (SSSR count). The second-order valence-electron chi connectivity index (χ2n) is 4.73. The molecule has 2 aromatic carbocycles. The molecule has 1 unspecified atom stereocenters. The summed E-state index contributed by atoms with van der Waals surface area (Å²) in [6.07, 6.45) is -0.542. The van der Waals surface area contributed by atoms with E-state index in [9.17, 15) is 5.11 Å². The van der Waals surface area contributed by atoms with Crippen molar-refractivity contribution in [3.63, 3.8) is 0 Å². The van der Waals surface area contributed by atoms with E-state index in [1.165, 1.54) is 0 Å². The van der Waals surface area contributed by atoms with Crippen molar-refractivity contribution < 1.29 is 14.6 Å². The van der Waals surface area contributed by atoms with Gasteiger partial charge in [0.1, 0.15) is 24.7 Å². The number of aryl methyl sites for hydroxylation is 1. The second kappa shape index (κ2) is 6.96. The fourth-order valence-corrected chi connectivity index (χ4v) is 1.95. The van der Waals surface area contributed by atoms with Gasteiger partial charge >= 0.3 is 0 Å². The molecule has 106 valence electrons. The lowest BCUT2D eigenvalue weighted by Gasteiger charge is -2.14. The van der Waals surface area contributed by atoms with Crippen LogP contribution < -0.4 is 9.47 Å². The first-order valence-electron chi connectivity index (χ1n) is 6.76. The van der Waals surface area contributed by atoms with E-state index < -0.39 is 6.10 Å². The fourth-order valence-electron chi connectivity index (χ4n) is 1.95. The van der Waals surface area contributed by atoms with E-state index in [0.717, 1.165) is 16.9 Å². The van der Waals surface area contributed by atoms with Gasteiger partial charge in [-0.05, 0) is 38.1 Å². The molecule has 0 saturated heterocycles. The first-order valence-corrected chi connectivity index (χ1v) is 6.76. The van der Waals surface area contributed by atoms with Crippen molar-refractivity contribution in [2.45, 2.75) is 20.0 Å². The minimum atomic E-state index is -0.542. The average molecular weight is 272 g/mol. The van der Waals surface area contributed by atoms with Gasteiger partial charge in [-0.1, -0.05) is 29.8 Å². The van der Waals surface area contributed by atoms with Crippen LogP contribution in [0.25, 0.3) is 0 Å². The lowest BCUT2D eigenvalue weighted by molar-refractivity contribution is 0.182. The Morgan fingerprint density at radius 1 is 1.00 bits per heavy atom. The minimum absolute atomic E-state index is 0.442. The van der Waals surface area contributed by atoms with Gasteiger partial charge in [-0.15, -0.1) is 0 Å². The molecule has 0 spiro atoms. The molecule has 3 heteroatoms. The molecular weight excluding hydrogens is 252 g/mol. The smallest absolute Gasteiger partial charge is 0.125 e. The van der Waals surface area contributed by atoms with Gasteiger partial charge in [0, 0.05) is 5.56 Å². The highest BCUT2D eigenvalue weighted by atomic mass is 16.5. The molecule has 2 aromatic rings. The van der Waals surface area contributed by atoms with Gasteiger partial charge in [0.2, 0.25) is 0 Å². The normalized spacial score (nSPS) is 11.9. The second-order valence-corrected chi connectivity index (χ2v) is 4.73. The summed E-state index contributed by atoms with van der Waals surface area (Å²) in [7, 11) is 0. The summed E-state index contributed by atoms with van der Waals surface area (Å²) in [6.45, 7) is 4.64. The van der Waals surface area contributed by atoms with E-state index in [2.05, 4.69) is 0 Å². The van der Waals surface area contributed by atoms with Crippen LogP contribution in [0.3, 0.4) is 0 Å². The molecule has 0 aliphatic carbocycles. The first-order chi connectivity index (χ1) is 9.66. The van der Waals surface area contributed by atoms with Crippen LogP contribution in [0.1, 0.15) is 24.2 Å². The minimum Gasteiger partial charge on any atom is -0.490 e. The third kappa shape index (κ3) is 4.00. The molecule has 0 amide bonds. The Morgan fingerprint density at radius 2 is 1.70 bits per heavy atom. The number of hydrogen-bond donors (Lipinski definition) is 1. The van der Waals surface area contributed by atoms with Crippen LogP contribution in [0, 0.1) is 6.92 Å². The largest absolute Gasteiger partial charge is 0.490 e. The standard InChI is InChI=1S/C17H20O3/c1-13-8-9-17(16(12-13)14(2)18)20-11-10-19-15-6-4-3-5-7-15/h3-9,12,14,18H,10-11H2,1-2H3. The molecule has 0 aliphatic heterocycles. The predicted molar refractivity (Wildman–Crippen MR) is 79.2 cm³/mol. The van der Waals surface area contributed by atoms with Crippen molar-refractivity contribution in [2.75, 3.05) is 13.2 Å². The van der Waals surface area contributed by atoms with E-state index >= 15 is 0 Å². The Kier molecular flexibility index (Phi) is 5.02. The third-order valence-corrected chi connectivity index (χ3v) is 2.97. The summed E-state index contributed by atoms with van der Waals surface area (Å²) in [5.41, 5.74) is 1.92. The number of hydrogen-bond acceptors (Lipinski definition) is 3. The van der Waals surface area contributed by atoms with Crippen LogP contribution in [0.4, 0.5) is 0 Å². The maximum absolute atomic E-state index is 9.75. The number of rotatable bonds is 6. The van der Waals surface area contributed by atoms with Crippen molar-refractivity contribution in [1.29, 1.82) is 0 Å². The van der Waals surface area contributed by atoms with E-state index in [1.54, 1.807) is 6.92 Å². The quantitative estimate of drug-likeness (QED) is 0.818. The van der Waals surface area contributed by atoms with Crippen LogP contribution in [0.15, 0.2) is 48.5 Å². The van der Waals surface area contributed by atoms with Crippen LogP contribution in [-0.4, -0.2) is 18.3 Å². The predicted octanol–water partition coefficient (Wildman–Crippen LogP) is 3.51. The molecule has 0 aliphatic rings. The molecule has 0 heterocycles. The van der Waals surface area contributed by atoms with Crippen molar-refractivity contribution in [1.82, 2.24) is 0 Å². The summed E-state index contributed by atoms with van der Waals surface area (Å²) in [5, 5.41) is 9.75. The Balaban J connectivity index is 1.88. The van der Waals surface area contributed by atoms with Crippen molar-refractivity contribution in [2.24, 2.45) is 0 Å². The molecule has 0 fully saturated rings. The summed E-state index contributed by atoms with van der Waals surface area (Å²) in [4.78, 5) is 0. The van der Waals surface area contributed by atoms with Crippen LogP contribution in [0.5, 0.6) is 11.5 Å². The Morgan fingerprint density at radius 3 is 2.40 bits per heavy atom. The number of aliphatic hydroxyl groups excluding tert-OH is 1. The molecule has 20 heavy (non-hydrogen) atoms. The molecule has 0 saturated carbocycles. The highest BCUT2D eigenvalue weighted by Gasteiger charge is 2.09. The fraction of sp³-hybridized carbons (Fsp3) is 0.294. The van der Waals surface area contributed by atoms with Gasteiger partial charge in [-0.25, -0.2) is 0 Å². The molecule has 0 radical (unpaired) electrons. The lowest BCUT2D eigenvalue weighted by Crippen LogP contribution is -2.10. The Bertz CT molecular complexity index is 535. The van der Waals surface area contributed by atoms with Crippen LogP contribution in [-0.2, 0) is 0 Å². The zero-order chi connectivity index (χ0) is 14.4. The first kappa shape index (κ1) is 14.4. The number of para-hydroxylation sites is 1. The summed E-state index contributed by atoms with van der Waals surface area (Å²) in [5.74, 6) is 1.54. The maximum atomic E-state index is 9.75. The van der Waals surface area contributed by atoms with E-state index in [0.29, 0.717) is 19.0 Å². The zero-order valence-electron chi connectivity index (χ0n) is 11.9. The average Bonchev–Trinajstić information content (AvgIpc) is 2.45. The van der Waals surface area contributed by atoms with Crippen molar-refractivity contribution in [3.8, 4) is 11.5 Å². The highest BCUT2D eigenvalue weighted by molar-refractivity contribution is 5.38. The third-order valence-electron chi connectivity index (χ3n) is 2.97. The number of benzene rings is 2. The van der Waals surface area contributed by atoms with Gasteiger partial charge in [0.05, 0.1) is 6.10 Å². The van der Waals surface area contributed by atoms with Gasteiger partial charge in [-0.3, -0.25) is 0 Å². The van der Waals surface area contributed by atoms with Gasteiger partial charge in [-0.2, -0.15) is 0 Å². The maximum Gasteiger partial charge on any atom is 0.125 e. The van der Waals surface area contributed by atoms with Gasteiger partial charge in [0.25, 0.3) is 0 Å². The number of ether oxygens (including phenoxy) is 2. The topological polar surface area (TPSA) is 38.7 Å². The van der Waals surface area contributed by atoms with Crippen LogP contribution in [0.2, 0.25) is 0 Å². The summed E-state index contributed by atoms with van der Waals surface area (Å²) < 4.78 is 11.3. The van der Waals surface area contributed by atoms with Gasteiger partial charge < -0.3 is 14.6 Å². The Labute approximate surface area is 119 Å². The SMILES string of the molecule is Cc1ccc(OCCOc2ccccc2)c(C(C)O)c1. The molecular formula is C17H20O3. The van der Waals surface area contributed by atoms with Crippen LogP contribution >= 0.6 is 0 Å². The van der Waals surface area contributed by atoms with Crippen molar-refractivity contribution in [3.05, 3.63) is 59.7 Å². The van der Waals surface area contributed by atoms with Crippen molar-refractivity contribution >= 4 is 0 Å². The molecule has 3 nitrogen and oxygen atoms in total. The Hall–Kier alpha value is -2.00. The molecule has 1 atom stereocenters. The molecule has 0 aromatic heterocycles. The monoisotopic (exact) mass is 272 g/mol. The molecule has 1 N–H and O–H groups in total. The van der Waals surface area contributed by atoms with E-state index in [1.807, 2.05) is 55.5 Å². The highest BCUT2D eigenvalue weighted by Crippen LogP contribution is 2.26. The zero-order valence-corrected chi connectivity index (χ0v) is 11.9. The molecule has 0 bridgehead atoms. The number of aliphatic hydroxyl groups is 1. The van der Waals surface area contributed by atoms with E-state index in [4.69, 9.17) is 9.47 Å². The van der Waals surface area contributed by atoms with E-state index in [-0.39, 0.29) is 0 Å². The lowest BCUT2D eigenvalue weighted by atomic mass is 10.1. The summed E-state index contributed by atoms with van der Waals surface area (Å²) in [6, 6.07) is 15.4. The summed E-state index contributed by atoms with van der Waals surface area (Å²) >= 11 is 0.